The van der Waals surface area contributed by atoms with E-state index in [1.165, 1.54) is 0 Å². The maximum atomic E-state index is 12.4. The Bertz CT molecular complexity index is 587. The number of hydrogen-bond donors (Lipinski definition) is 1. The van der Waals surface area contributed by atoms with Crippen LogP contribution in [0, 0.1) is 6.92 Å². The van der Waals surface area contributed by atoms with E-state index >= 15 is 0 Å². The van der Waals surface area contributed by atoms with Gasteiger partial charge < -0.3 is 10.2 Å². The summed E-state index contributed by atoms with van der Waals surface area (Å²) < 4.78 is 0.914. The quantitative estimate of drug-likeness (QED) is 0.776. The molecule has 0 aliphatic carbocycles. The number of piperazine rings is 1. The van der Waals surface area contributed by atoms with Crippen molar-refractivity contribution < 1.29 is 9.59 Å². The first-order valence-electron chi connectivity index (χ1n) is 6.11. The van der Waals surface area contributed by atoms with Crippen LogP contribution in [-0.2, 0) is 9.59 Å². The lowest BCUT2D eigenvalue weighted by Crippen LogP contribution is -2.63. The van der Waals surface area contributed by atoms with Crippen molar-refractivity contribution >= 4 is 39.1 Å². The van der Waals surface area contributed by atoms with Crippen LogP contribution in [0.1, 0.15) is 5.56 Å². The lowest BCUT2D eigenvalue weighted by Gasteiger charge is -2.43. The van der Waals surface area contributed by atoms with Gasteiger partial charge in [-0.1, -0.05) is 15.9 Å². The second kappa shape index (κ2) is 4.31. The molecule has 0 saturated carbocycles. The van der Waals surface area contributed by atoms with E-state index in [1.54, 1.807) is 16.8 Å². The van der Waals surface area contributed by atoms with Crippen LogP contribution in [0.25, 0.3) is 0 Å². The van der Waals surface area contributed by atoms with Crippen LogP contribution in [0.15, 0.2) is 16.6 Å². The smallest absolute Gasteiger partial charge is 0.251 e. The summed E-state index contributed by atoms with van der Waals surface area (Å²) in [5.41, 5.74) is 2.61. The highest BCUT2D eigenvalue weighted by Crippen LogP contribution is 2.40. The van der Waals surface area contributed by atoms with E-state index in [2.05, 4.69) is 21.2 Å². The number of likely N-dealkylation sites (N-methyl/N-ethyl adjacent to an activating group) is 1. The van der Waals surface area contributed by atoms with Gasteiger partial charge in [-0.15, -0.1) is 0 Å². The van der Waals surface area contributed by atoms with E-state index < -0.39 is 6.04 Å². The second-order valence-electron chi connectivity index (χ2n) is 4.90. The van der Waals surface area contributed by atoms with Crippen molar-refractivity contribution in [1.82, 2.24) is 5.32 Å². The van der Waals surface area contributed by atoms with E-state index in [0.29, 0.717) is 6.54 Å². The van der Waals surface area contributed by atoms with Crippen molar-refractivity contribution in [3.8, 4) is 0 Å². The van der Waals surface area contributed by atoms with Gasteiger partial charge in [0.15, 0.2) is 0 Å². The molecule has 2 aliphatic rings. The molecule has 1 atom stereocenters. The molecule has 1 aromatic rings. The van der Waals surface area contributed by atoms with Gasteiger partial charge in [-0.2, -0.15) is 0 Å². The van der Waals surface area contributed by atoms with Gasteiger partial charge in [-0.05, 0) is 24.6 Å². The first kappa shape index (κ1) is 12.6. The average Bonchev–Trinajstić information content (AvgIpc) is 2.34. The number of aryl methyl sites for hydroxylation is 1. The van der Waals surface area contributed by atoms with Crippen LogP contribution in [0.3, 0.4) is 0 Å². The van der Waals surface area contributed by atoms with Gasteiger partial charge in [0.05, 0.1) is 17.9 Å². The molecule has 1 aromatic carbocycles. The van der Waals surface area contributed by atoms with Crippen molar-refractivity contribution in [2.24, 2.45) is 0 Å². The highest BCUT2D eigenvalue weighted by Gasteiger charge is 2.42. The lowest BCUT2D eigenvalue weighted by molar-refractivity contribution is -0.126. The number of carbonyl (C=O) groups excluding carboxylic acids is 2. The number of benzene rings is 1. The molecule has 1 unspecified atom stereocenters. The Kier molecular flexibility index (Phi) is 2.87. The molecule has 0 aromatic heterocycles. The molecule has 2 aliphatic heterocycles. The summed E-state index contributed by atoms with van der Waals surface area (Å²) in [4.78, 5) is 27.8. The fourth-order valence-electron chi connectivity index (χ4n) is 2.84. The molecule has 19 heavy (non-hydrogen) atoms. The van der Waals surface area contributed by atoms with Crippen molar-refractivity contribution in [3.63, 3.8) is 0 Å². The van der Waals surface area contributed by atoms with Crippen molar-refractivity contribution in [1.29, 1.82) is 0 Å². The molecule has 0 radical (unpaired) electrons. The highest BCUT2D eigenvalue weighted by molar-refractivity contribution is 9.10. The number of anilines is 2. The number of carbonyl (C=O) groups is 2. The Morgan fingerprint density at radius 3 is 2.84 bits per heavy atom. The van der Waals surface area contributed by atoms with Crippen LogP contribution in [-0.4, -0.2) is 38.0 Å². The molecule has 0 spiro atoms. The standard InChI is InChI=1S/C13H14BrN3O2/c1-7-3-8(14)4-9-12(7)16(2)13(19)10-5-15-6-11(18)17(9)10/h3-4,10,15H,5-6H2,1-2H3. The SMILES string of the molecule is Cc1cc(Br)cc2c1N(C)C(=O)C1CNCC(=O)N21. The van der Waals surface area contributed by atoms with Gasteiger partial charge in [-0.25, -0.2) is 0 Å². The molecule has 0 bridgehead atoms. The van der Waals surface area contributed by atoms with Crippen molar-refractivity contribution in [2.45, 2.75) is 13.0 Å². The van der Waals surface area contributed by atoms with Gasteiger partial charge >= 0.3 is 0 Å². The highest BCUT2D eigenvalue weighted by atomic mass is 79.9. The molecule has 1 N–H and O–H groups in total. The minimum absolute atomic E-state index is 0.0431. The third kappa shape index (κ3) is 1.78. The van der Waals surface area contributed by atoms with Gasteiger partial charge in [0.2, 0.25) is 5.91 Å². The Balaban J connectivity index is 2.24. The molecule has 5 nitrogen and oxygen atoms in total. The molecule has 6 heteroatoms. The fourth-order valence-corrected chi connectivity index (χ4v) is 3.40. The topological polar surface area (TPSA) is 52.7 Å². The zero-order valence-electron chi connectivity index (χ0n) is 10.7. The summed E-state index contributed by atoms with van der Waals surface area (Å²) in [5, 5.41) is 2.99. The number of amides is 2. The molecule has 2 heterocycles. The predicted molar refractivity (Wildman–Crippen MR) is 76.4 cm³/mol. The molecule has 1 saturated heterocycles. The lowest BCUT2D eigenvalue weighted by atomic mass is 10.0. The zero-order valence-corrected chi connectivity index (χ0v) is 12.3. The summed E-state index contributed by atoms with van der Waals surface area (Å²) in [7, 11) is 1.76. The van der Waals surface area contributed by atoms with E-state index in [1.807, 2.05) is 19.1 Å². The Hall–Kier alpha value is -1.40. The van der Waals surface area contributed by atoms with E-state index in [4.69, 9.17) is 0 Å². The molecule has 3 rings (SSSR count). The van der Waals surface area contributed by atoms with E-state index in [9.17, 15) is 9.59 Å². The van der Waals surface area contributed by atoms with Crippen LogP contribution < -0.4 is 15.1 Å². The minimum Gasteiger partial charge on any atom is -0.311 e. The van der Waals surface area contributed by atoms with Crippen LogP contribution in [0.2, 0.25) is 0 Å². The molecule has 100 valence electrons. The van der Waals surface area contributed by atoms with Gasteiger partial charge in [0, 0.05) is 18.1 Å². The number of hydrogen-bond acceptors (Lipinski definition) is 3. The van der Waals surface area contributed by atoms with Crippen LogP contribution in [0.4, 0.5) is 11.4 Å². The number of rotatable bonds is 0. The van der Waals surface area contributed by atoms with Crippen molar-refractivity contribution in [2.75, 3.05) is 29.9 Å². The van der Waals surface area contributed by atoms with Crippen molar-refractivity contribution in [3.05, 3.63) is 22.2 Å². The molecular weight excluding hydrogens is 310 g/mol. The first-order valence-corrected chi connectivity index (χ1v) is 6.90. The van der Waals surface area contributed by atoms with Gasteiger partial charge in [0.1, 0.15) is 6.04 Å². The molecular formula is C13H14BrN3O2. The van der Waals surface area contributed by atoms with Crippen LogP contribution in [0.5, 0.6) is 0 Å². The third-order valence-corrected chi connectivity index (χ3v) is 4.11. The molecule has 2 amide bonds. The number of nitrogens with one attached hydrogen (secondary N) is 1. The summed E-state index contributed by atoms with van der Waals surface area (Å²) in [5.74, 6) is -0.102. The Morgan fingerprint density at radius 2 is 2.11 bits per heavy atom. The number of fused-ring (bicyclic) bond motifs is 3. The van der Waals surface area contributed by atoms with Crippen LogP contribution >= 0.6 is 15.9 Å². The first-order chi connectivity index (χ1) is 9.00. The number of nitrogens with zero attached hydrogens (tertiary/aromatic N) is 2. The monoisotopic (exact) mass is 323 g/mol. The minimum atomic E-state index is -0.438. The average molecular weight is 324 g/mol. The summed E-state index contributed by atoms with van der Waals surface area (Å²) in [6.07, 6.45) is 0. The summed E-state index contributed by atoms with van der Waals surface area (Å²) in [6, 6.07) is 3.42. The largest absolute Gasteiger partial charge is 0.311 e. The Morgan fingerprint density at radius 1 is 1.37 bits per heavy atom. The second-order valence-corrected chi connectivity index (χ2v) is 5.81. The molecule has 1 fully saturated rings. The zero-order chi connectivity index (χ0) is 13.7. The summed E-state index contributed by atoms with van der Waals surface area (Å²) in [6.45, 7) is 2.72. The van der Waals surface area contributed by atoms with E-state index in [-0.39, 0.29) is 18.4 Å². The van der Waals surface area contributed by atoms with E-state index in [0.717, 1.165) is 21.4 Å². The predicted octanol–water partition coefficient (Wildman–Crippen LogP) is 1.04. The maximum absolute atomic E-state index is 12.4. The fraction of sp³-hybridized carbons (Fsp3) is 0.385. The van der Waals surface area contributed by atoms with Gasteiger partial charge in [-0.3, -0.25) is 14.5 Å². The summed E-state index contributed by atoms with van der Waals surface area (Å²) >= 11 is 3.46. The number of halogens is 1. The maximum Gasteiger partial charge on any atom is 0.251 e. The third-order valence-electron chi connectivity index (χ3n) is 3.65. The van der Waals surface area contributed by atoms with Gasteiger partial charge in [0.25, 0.3) is 5.91 Å². The Labute approximate surface area is 119 Å². The normalized spacial score (nSPS) is 22.4.